The first-order chi connectivity index (χ1) is 20.6. The molecule has 2 aromatic heterocycles. The highest BCUT2D eigenvalue weighted by molar-refractivity contribution is 8.13. The van der Waals surface area contributed by atoms with E-state index in [2.05, 4.69) is 23.1 Å². The Kier molecular flexibility index (Phi) is 6.70. The summed E-state index contributed by atoms with van der Waals surface area (Å²) in [5.41, 5.74) is 1.18. The summed E-state index contributed by atoms with van der Waals surface area (Å²) in [6.07, 6.45) is 8.98. The average molecular weight is 610 g/mol. The number of halogens is 2. The molecule has 8 nitrogen and oxygen atoms in total. The number of thioether (sulfide) groups is 1. The number of aliphatic hydroxyl groups excluding tert-OH is 1. The minimum Gasteiger partial charge on any atom is -0.451 e. The highest BCUT2D eigenvalue weighted by atomic mass is 32.2. The number of esters is 1. The SMILES string of the molecule is CC12Cc3cnn(-c4ccc(F)cc4)c3C=C1CC[C@@H]1[C@@H]2[C@@H](O)C[C@@]2(C)[C@H]1CC[C@]2(OC(=O)c1cocn1)C(=O)SCF. The molecule has 1 unspecified atom stereocenters. The molecule has 3 saturated carbocycles. The predicted molar refractivity (Wildman–Crippen MR) is 154 cm³/mol. The Bertz CT molecular complexity index is 1610. The van der Waals surface area contributed by atoms with Crippen molar-refractivity contribution in [2.45, 2.75) is 64.1 Å². The van der Waals surface area contributed by atoms with E-state index in [1.54, 1.807) is 12.1 Å². The van der Waals surface area contributed by atoms with Gasteiger partial charge < -0.3 is 14.3 Å². The van der Waals surface area contributed by atoms with Crippen LogP contribution in [0.5, 0.6) is 0 Å². The molecule has 1 N–H and O–H groups in total. The van der Waals surface area contributed by atoms with Crippen LogP contribution in [0.3, 0.4) is 0 Å². The van der Waals surface area contributed by atoms with E-state index in [0.717, 1.165) is 42.4 Å². The van der Waals surface area contributed by atoms with E-state index in [9.17, 15) is 23.5 Å². The summed E-state index contributed by atoms with van der Waals surface area (Å²) in [5.74, 6) is -1.13. The molecule has 0 aliphatic heterocycles. The zero-order chi connectivity index (χ0) is 30.1. The minimum absolute atomic E-state index is 0.0168. The van der Waals surface area contributed by atoms with Crippen LogP contribution >= 0.6 is 11.8 Å². The number of hydrogen-bond acceptors (Lipinski definition) is 8. The van der Waals surface area contributed by atoms with Crippen LogP contribution < -0.4 is 0 Å². The highest BCUT2D eigenvalue weighted by Gasteiger charge is 2.70. The van der Waals surface area contributed by atoms with Gasteiger partial charge in [0.25, 0.3) is 0 Å². The van der Waals surface area contributed by atoms with E-state index >= 15 is 0 Å². The standard InChI is InChI=1S/C32H33F2N3O5S/c1-30-12-18-14-36-37(21-6-4-20(34)5-7-21)25(18)11-19(30)3-8-22-23-9-10-32(29(40)43-16-33,31(23,2)13-26(38)27(22)30)42-28(39)24-15-41-17-35-24/h4-7,11,14-15,17,22-23,26-27,38H,3,8-10,12-13,16H2,1-2H3/t22-,23-,26-,27+,30?,31-,32-/m0/s1. The van der Waals surface area contributed by atoms with E-state index in [4.69, 9.17) is 9.15 Å². The molecule has 226 valence electrons. The molecule has 1 aromatic carbocycles. The third kappa shape index (κ3) is 4.10. The number of benzene rings is 1. The third-order valence-electron chi connectivity index (χ3n) is 11.0. The number of hydrogen-bond donors (Lipinski definition) is 1. The molecule has 7 rings (SSSR count). The maximum Gasteiger partial charge on any atom is 0.361 e. The van der Waals surface area contributed by atoms with Gasteiger partial charge in [0.05, 0.1) is 23.7 Å². The van der Waals surface area contributed by atoms with Crippen LogP contribution in [0.15, 0.2) is 53.1 Å². The van der Waals surface area contributed by atoms with Gasteiger partial charge in [0.1, 0.15) is 18.1 Å². The molecular weight excluding hydrogens is 576 g/mol. The summed E-state index contributed by atoms with van der Waals surface area (Å²) in [4.78, 5) is 30.7. The maximum atomic E-state index is 13.6. The van der Waals surface area contributed by atoms with Gasteiger partial charge in [0, 0.05) is 5.41 Å². The van der Waals surface area contributed by atoms with Crippen LogP contribution in [0.2, 0.25) is 0 Å². The molecule has 43 heavy (non-hydrogen) atoms. The Morgan fingerprint density at radius 3 is 2.74 bits per heavy atom. The molecule has 3 fully saturated rings. The molecule has 4 aliphatic rings. The Labute approximate surface area is 251 Å². The van der Waals surface area contributed by atoms with Crippen LogP contribution in [0.25, 0.3) is 11.8 Å². The Balaban J connectivity index is 1.23. The third-order valence-corrected chi connectivity index (χ3v) is 11.7. The number of aliphatic hydroxyl groups is 1. The van der Waals surface area contributed by atoms with Crippen molar-refractivity contribution in [1.82, 2.24) is 14.8 Å². The summed E-state index contributed by atoms with van der Waals surface area (Å²) < 4.78 is 40.0. The number of carbonyl (C=O) groups excluding carboxylic acids is 2. The van der Waals surface area contributed by atoms with Crippen molar-refractivity contribution >= 4 is 28.9 Å². The van der Waals surface area contributed by atoms with E-state index in [1.165, 1.54) is 17.7 Å². The van der Waals surface area contributed by atoms with E-state index < -0.39 is 34.2 Å². The quantitative estimate of drug-likeness (QED) is 0.355. The number of alkyl halides is 1. The zero-order valence-electron chi connectivity index (χ0n) is 24.0. The molecule has 0 amide bonds. The lowest BCUT2D eigenvalue weighted by atomic mass is 9.45. The van der Waals surface area contributed by atoms with Gasteiger partial charge in [-0.2, -0.15) is 5.10 Å². The summed E-state index contributed by atoms with van der Waals surface area (Å²) in [7, 11) is 0. The normalized spacial score (nSPS) is 34.4. The largest absolute Gasteiger partial charge is 0.451 e. The second kappa shape index (κ2) is 10.1. The summed E-state index contributed by atoms with van der Waals surface area (Å²) in [6.45, 7) is 4.15. The fraction of sp³-hybridized carbons (Fsp3) is 0.500. The molecular formula is C32H33F2N3O5S. The number of oxazole rings is 1. The first-order valence-electron chi connectivity index (χ1n) is 14.7. The number of allylic oxidation sites excluding steroid dienone is 1. The number of ether oxygens (including phenoxy) is 1. The molecule has 0 bridgehead atoms. The highest BCUT2D eigenvalue weighted by Crippen LogP contribution is 2.69. The number of nitrogens with zero attached hydrogens (tertiary/aromatic N) is 3. The van der Waals surface area contributed by atoms with Gasteiger partial charge >= 0.3 is 5.97 Å². The monoisotopic (exact) mass is 609 g/mol. The second-order valence-corrected chi connectivity index (χ2v) is 13.8. The lowest BCUT2D eigenvalue weighted by molar-refractivity contribution is -0.174. The first kappa shape index (κ1) is 28.5. The van der Waals surface area contributed by atoms with Crippen molar-refractivity contribution in [3.8, 4) is 5.69 Å². The topological polar surface area (TPSA) is 107 Å². The van der Waals surface area contributed by atoms with Gasteiger partial charge in [-0.25, -0.2) is 23.2 Å². The van der Waals surface area contributed by atoms with Crippen LogP contribution in [0, 0.1) is 34.4 Å². The van der Waals surface area contributed by atoms with Crippen molar-refractivity contribution in [1.29, 1.82) is 0 Å². The van der Waals surface area contributed by atoms with Crippen LogP contribution in [-0.2, 0) is 16.0 Å². The minimum atomic E-state index is -1.59. The first-order valence-corrected chi connectivity index (χ1v) is 15.7. The lowest BCUT2D eigenvalue weighted by Crippen LogP contribution is -2.62. The Morgan fingerprint density at radius 1 is 1.23 bits per heavy atom. The molecule has 4 aliphatic carbocycles. The number of rotatable bonds is 5. The van der Waals surface area contributed by atoms with Gasteiger partial charge in [0.15, 0.2) is 17.7 Å². The molecule has 11 heteroatoms. The van der Waals surface area contributed by atoms with Gasteiger partial charge in [-0.05, 0) is 109 Å². The molecule has 7 atom stereocenters. The summed E-state index contributed by atoms with van der Waals surface area (Å²) in [6, 6.07) is 5.33. The number of fused-ring (bicyclic) bond motifs is 6. The smallest absolute Gasteiger partial charge is 0.361 e. The molecule has 0 radical (unpaired) electrons. The fourth-order valence-corrected chi connectivity index (χ4v) is 9.90. The molecule has 0 saturated heterocycles. The van der Waals surface area contributed by atoms with E-state index in [1.807, 2.05) is 17.8 Å². The van der Waals surface area contributed by atoms with Gasteiger partial charge in [0.2, 0.25) is 5.12 Å². The van der Waals surface area contributed by atoms with Gasteiger partial charge in [-0.1, -0.05) is 19.4 Å². The van der Waals surface area contributed by atoms with Gasteiger partial charge in [-0.15, -0.1) is 0 Å². The van der Waals surface area contributed by atoms with Crippen molar-refractivity contribution in [2.24, 2.45) is 28.6 Å². The van der Waals surface area contributed by atoms with E-state index in [0.29, 0.717) is 24.6 Å². The Hall–Kier alpha value is -3.31. The van der Waals surface area contributed by atoms with Crippen LogP contribution in [0.1, 0.15) is 67.7 Å². The molecule has 2 heterocycles. The zero-order valence-corrected chi connectivity index (χ0v) is 24.8. The second-order valence-electron chi connectivity index (χ2n) is 12.9. The van der Waals surface area contributed by atoms with E-state index in [-0.39, 0.29) is 47.5 Å². The van der Waals surface area contributed by atoms with Crippen molar-refractivity contribution < 1.29 is 32.6 Å². The van der Waals surface area contributed by atoms with Crippen molar-refractivity contribution in [2.75, 3.05) is 6.01 Å². The number of aromatic nitrogens is 3. The number of carbonyl (C=O) groups is 2. The predicted octanol–water partition coefficient (Wildman–Crippen LogP) is 5.93. The molecule has 0 spiro atoms. The average Bonchev–Trinajstić information content (AvgIpc) is 3.71. The van der Waals surface area contributed by atoms with Crippen LogP contribution in [0.4, 0.5) is 8.78 Å². The molecule has 3 aromatic rings. The summed E-state index contributed by atoms with van der Waals surface area (Å²) in [5, 5.41) is 16.1. The summed E-state index contributed by atoms with van der Waals surface area (Å²) >= 11 is 0.515. The van der Waals surface area contributed by atoms with Crippen molar-refractivity contribution in [3.63, 3.8) is 0 Å². The van der Waals surface area contributed by atoms with Crippen LogP contribution in [-0.4, -0.2) is 48.7 Å². The van der Waals surface area contributed by atoms with Gasteiger partial charge in [-0.3, -0.25) is 4.79 Å². The maximum absolute atomic E-state index is 13.6. The Morgan fingerprint density at radius 2 is 2.02 bits per heavy atom. The fourth-order valence-electron chi connectivity index (χ4n) is 9.20. The lowest BCUT2D eigenvalue weighted by Gasteiger charge is -2.60. The van der Waals surface area contributed by atoms with Crippen molar-refractivity contribution in [3.05, 3.63) is 71.5 Å².